The van der Waals surface area contributed by atoms with Crippen molar-refractivity contribution in [1.29, 1.82) is 0 Å². The van der Waals surface area contributed by atoms with Crippen LogP contribution in [0.4, 0.5) is 15.9 Å². The third kappa shape index (κ3) is 3.82. The number of aromatic nitrogens is 2. The van der Waals surface area contributed by atoms with Gasteiger partial charge in [0.15, 0.2) is 5.16 Å². The standard InChI is InChI=1S/C16H17FN4O2S/c1-24-16-18-10-13(14(20-16)21-6-8-23-9-7-21)15(22)19-12-4-2-11(17)3-5-12/h2-5,10H,6-9H2,1H3,(H,19,22). The zero-order valence-electron chi connectivity index (χ0n) is 13.2. The fourth-order valence-corrected chi connectivity index (χ4v) is 2.70. The van der Waals surface area contributed by atoms with Crippen molar-refractivity contribution in [3.8, 4) is 0 Å². The summed E-state index contributed by atoms with van der Waals surface area (Å²) >= 11 is 1.42. The number of halogens is 1. The Kier molecular flexibility index (Phi) is 5.27. The van der Waals surface area contributed by atoms with Crippen molar-refractivity contribution in [2.24, 2.45) is 0 Å². The number of carbonyl (C=O) groups is 1. The Hall–Kier alpha value is -2.19. The van der Waals surface area contributed by atoms with E-state index >= 15 is 0 Å². The molecule has 8 heteroatoms. The molecule has 0 unspecified atom stereocenters. The van der Waals surface area contributed by atoms with Crippen LogP contribution in [0.1, 0.15) is 10.4 Å². The molecule has 1 saturated heterocycles. The first-order chi connectivity index (χ1) is 11.7. The first-order valence-corrected chi connectivity index (χ1v) is 8.70. The van der Waals surface area contributed by atoms with Crippen LogP contribution in [0.3, 0.4) is 0 Å². The Balaban J connectivity index is 1.87. The minimum atomic E-state index is -0.352. The van der Waals surface area contributed by atoms with Gasteiger partial charge in [-0.3, -0.25) is 4.79 Å². The van der Waals surface area contributed by atoms with E-state index in [0.717, 1.165) is 0 Å². The second-order valence-corrected chi connectivity index (χ2v) is 5.93. The molecule has 3 rings (SSSR count). The summed E-state index contributed by atoms with van der Waals surface area (Å²) in [7, 11) is 0. The van der Waals surface area contributed by atoms with Crippen LogP contribution in [-0.2, 0) is 4.74 Å². The number of benzene rings is 1. The maximum Gasteiger partial charge on any atom is 0.261 e. The van der Waals surface area contributed by atoms with E-state index in [2.05, 4.69) is 15.3 Å². The van der Waals surface area contributed by atoms with E-state index in [4.69, 9.17) is 4.74 Å². The number of hydrogen-bond donors (Lipinski definition) is 1. The Labute approximate surface area is 143 Å². The van der Waals surface area contributed by atoms with Gasteiger partial charge < -0.3 is 15.0 Å². The number of carbonyl (C=O) groups excluding carboxylic acids is 1. The van der Waals surface area contributed by atoms with Crippen LogP contribution in [0, 0.1) is 5.82 Å². The van der Waals surface area contributed by atoms with Gasteiger partial charge in [-0.25, -0.2) is 14.4 Å². The van der Waals surface area contributed by atoms with Gasteiger partial charge in [0.1, 0.15) is 17.2 Å². The van der Waals surface area contributed by atoms with E-state index in [1.807, 2.05) is 11.2 Å². The Morgan fingerprint density at radius 2 is 2.00 bits per heavy atom. The largest absolute Gasteiger partial charge is 0.378 e. The van der Waals surface area contributed by atoms with Crippen molar-refractivity contribution < 1.29 is 13.9 Å². The summed E-state index contributed by atoms with van der Waals surface area (Å²) in [6.07, 6.45) is 3.42. The molecule has 1 amide bonds. The molecule has 6 nitrogen and oxygen atoms in total. The predicted molar refractivity (Wildman–Crippen MR) is 91.2 cm³/mol. The van der Waals surface area contributed by atoms with E-state index in [0.29, 0.717) is 48.5 Å². The zero-order chi connectivity index (χ0) is 16.9. The van der Waals surface area contributed by atoms with Gasteiger partial charge in [0, 0.05) is 25.0 Å². The van der Waals surface area contributed by atoms with Gasteiger partial charge in [-0.05, 0) is 30.5 Å². The summed E-state index contributed by atoms with van der Waals surface area (Å²) in [6.45, 7) is 2.53. The fourth-order valence-electron chi connectivity index (χ4n) is 2.36. The number of anilines is 2. The first-order valence-electron chi connectivity index (χ1n) is 7.48. The molecule has 0 bridgehead atoms. The summed E-state index contributed by atoms with van der Waals surface area (Å²) in [4.78, 5) is 23.3. The van der Waals surface area contributed by atoms with Crippen LogP contribution in [0.5, 0.6) is 0 Å². The van der Waals surface area contributed by atoms with Gasteiger partial charge in [0.05, 0.1) is 13.2 Å². The van der Waals surface area contributed by atoms with Gasteiger partial charge in [0.2, 0.25) is 0 Å². The quantitative estimate of drug-likeness (QED) is 0.676. The number of morpholine rings is 1. The molecule has 1 aliphatic heterocycles. The smallest absolute Gasteiger partial charge is 0.261 e. The summed E-state index contributed by atoms with van der Waals surface area (Å²) in [5.74, 6) is -0.0809. The van der Waals surface area contributed by atoms with Crippen LogP contribution >= 0.6 is 11.8 Å². The minimum Gasteiger partial charge on any atom is -0.378 e. The summed E-state index contributed by atoms with van der Waals surface area (Å²) in [6, 6.07) is 5.62. The molecule has 1 N–H and O–H groups in total. The van der Waals surface area contributed by atoms with Gasteiger partial charge in [-0.1, -0.05) is 11.8 Å². The monoisotopic (exact) mass is 348 g/mol. The SMILES string of the molecule is CSc1ncc(C(=O)Nc2ccc(F)cc2)c(N2CCOCC2)n1. The van der Waals surface area contributed by atoms with Gasteiger partial charge in [0.25, 0.3) is 5.91 Å². The molecular weight excluding hydrogens is 331 g/mol. The Morgan fingerprint density at radius 3 is 2.67 bits per heavy atom. The lowest BCUT2D eigenvalue weighted by atomic mass is 10.2. The van der Waals surface area contributed by atoms with E-state index in [1.54, 1.807) is 0 Å². The highest BCUT2D eigenvalue weighted by atomic mass is 32.2. The van der Waals surface area contributed by atoms with Gasteiger partial charge in [-0.2, -0.15) is 0 Å². The maximum atomic E-state index is 13.0. The van der Waals surface area contributed by atoms with Crippen molar-refractivity contribution in [3.05, 3.63) is 41.8 Å². The van der Waals surface area contributed by atoms with Gasteiger partial charge >= 0.3 is 0 Å². The van der Waals surface area contributed by atoms with E-state index in [-0.39, 0.29) is 11.7 Å². The lowest BCUT2D eigenvalue weighted by molar-refractivity contribution is 0.102. The topological polar surface area (TPSA) is 67.4 Å². The first kappa shape index (κ1) is 16.7. The molecule has 0 atom stereocenters. The average molecular weight is 348 g/mol. The van der Waals surface area contributed by atoms with Crippen molar-refractivity contribution >= 4 is 29.2 Å². The molecule has 1 aromatic heterocycles. The second kappa shape index (κ2) is 7.59. The number of ether oxygens (including phenoxy) is 1. The van der Waals surface area contributed by atoms with Crippen molar-refractivity contribution in [1.82, 2.24) is 9.97 Å². The van der Waals surface area contributed by atoms with Crippen molar-refractivity contribution in [2.45, 2.75) is 5.16 Å². The molecule has 1 aliphatic rings. The highest BCUT2D eigenvalue weighted by Gasteiger charge is 2.21. The maximum absolute atomic E-state index is 13.0. The fraction of sp³-hybridized carbons (Fsp3) is 0.312. The molecule has 1 fully saturated rings. The minimum absolute atomic E-state index is 0.323. The second-order valence-electron chi connectivity index (χ2n) is 5.15. The Morgan fingerprint density at radius 1 is 1.29 bits per heavy atom. The normalized spacial score (nSPS) is 14.5. The number of hydrogen-bond acceptors (Lipinski definition) is 6. The third-order valence-electron chi connectivity index (χ3n) is 3.59. The van der Waals surface area contributed by atoms with E-state index in [9.17, 15) is 9.18 Å². The lowest BCUT2D eigenvalue weighted by Gasteiger charge is -2.29. The van der Waals surface area contributed by atoms with Crippen LogP contribution in [-0.4, -0.2) is 48.4 Å². The van der Waals surface area contributed by atoms with Crippen LogP contribution in [0.25, 0.3) is 0 Å². The molecule has 0 aliphatic carbocycles. The van der Waals surface area contributed by atoms with Gasteiger partial charge in [-0.15, -0.1) is 0 Å². The number of rotatable bonds is 4. The number of nitrogens with zero attached hydrogens (tertiary/aromatic N) is 3. The predicted octanol–water partition coefficient (Wildman–Crippen LogP) is 2.43. The summed E-state index contributed by atoms with van der Waals surface area (Å²) in [5, 5.41) is 3.36. The summed E-state index contributed by atoms with van der Waals surface area (Å²) < 4.78 is 18.3. The van der Waals surface area contributed by atoms with Crippen LogP contribution in [0.2, 0.25) is 0 Å². The average Bonchev–Trinajstić information content (AvgIpc) is 2.63. The highest BCUT2D eigenvalue weighted by Crippen LogP contribution is 2.23. The molecule has 0 spiro atoms. The molecule has 2 heterocycles. The molecular formula is C16H17FN4O2S. The Bertz CT molecular complexity index is 721. The third-order valence-corrected chi connectivity index (χ3v) is 4.15. The lowest BCUT2D eigenvalue weighted by Crippen LogP contribution is -2.38. The van der Waals surface area contributed by atoms with Crippen molar-refractivity contribution in [2.75, 3.05) is 42.8 Å². The molecule has 126 valence electrons. The molecule has 0 saturated carbocycles. The number of thioether (sulfide) groups is 1. The van der Waals surface area contributed by atoms with Crippen LogP contribution < -0.4 is 10.2 Å². The molecule has 2 aromatic rings. The summed E-state index contributed by atoms with van der Waals surface area (Å²) in [5.41, 5.74) is 0.905. The van der Waals surface area contributed by atoms with E-state index in [1.165, 1.54) is 42.2 Å². The van der Waals surface area contributed by atoms with E-state index < -0.39 is 0 Å². The zero-order valence-corrected chi connectivity index (χ0v) is 14.0. The van der Waals surface area contributed by atoms with Crippen LogP contribution in [0.15, 0.2) is 35.6 Å². The number of amides is 1. The molecule has 0 radical (unpaired) electrons. The van der Waals surface area contributed by atoms with Crippen molar-refractivity contribution in [3.63, 3.8) is 0 Å². The number of nitrogens with one attached hydrogen (secondary N) is 1. The molecule has 1 aromatic carbocycles. The molecule has 24 heavy (non-hydrogen) atoms. The highest BCUT2D eigenvalue weighted by molar-refractivity contribution is 7.98.